The molecule has 1 unspecified atom stereocenters. The van der Waals surface area contributed by atoms with Gasteiger partial charge in [0.05, 0.1) is 6.61 Å². The van der Waals surface area contributed by atoms with E-state index in [1.54, 1.807) is 7.11 Å². The molecule has 1 N–H and O–H groups in total. The van der Waals surface area contributed by atoms with Crippen LogP contribution < -0.4 is 10.1 Å². The topological polar surface area (TPSA) is 30.5 Å². The summed E-state index contributed by atoms with van der Waals surface area (Å²) in [6.07, 6.45) is 4.77. The molecular formula is C16H25NO2. The van der Waals surface area contributed by atoms with Crippen molar-refractivity contribution in [1.29, 1.82) is 0 Å². The molecule has 0 heterocycles. The molecule has 2 rings (SSSR count). The number of methoxy groups -OCH3 is 1. The number of benzene rings is 1. The zero-order valence-electron chi connectivity index (χ0n) is 12.1. The second-order valence-corrected chi connectivity index (χ2v) is 5.06. The van der Waals surface area contributed by atoms with Gasteiger partial charge in [-0.05, 0) is 49.4 Å². The maximum Gasteiger partial charge on any atom is 0.122 e. The normalized spacial score (nSPS) is 18.1. The first-order valence-corrected chi connectivity index (χ1v) is 7.33. The number of hydrogen-bond donors (Lipinski definition) is 1. The predicted octanol–water partition coefficient (Wildman–Crippen LogP) is 3.09. The van der Waals surface area contributed by atoms with E-state index in [2.05, 4.69) is 30.4 Å². The molecule has 0 saturated heterocycles. The van der Waals surface area contributed by atoms with Crippen molar-refractivity contribution in [2.75, 3.05) is 26.9 Å². The van der Waals surface area contributed by atoms with Crippen LogP contribution in [0, 0.1) is 0 Å². The molecule has 1 aromatic carbocycles. The third-order valence-electron chi connectivity index (χ3n) is 3.65. The van der Waals surface area contributed by atoms with Gasteiger partial charge in [-0.25, -0.2) is 0 Å². The van der Waals surface area contributed by atoms with Crippen molar-refractivity contribution in [2.24, 2.45) is 0 Å². The van der Waals surface area contributed by atoms with Crippen LogP contribution in [0.5, 0.6) is 5.75 Å². The van der Waals surface area contributed by atoms with E-state index in [0.717, 1.165) is 18.7 Å². The molecule has 0 aromatic heterocycles. The first-order chi connectivity index (χ1) is 9.36. The van der Waals surface area contributed by atoms with Gasteiger partial charge >= 0.3 is 0 Å². The molecule has 1 atom stereocenters. The zero-order chi connectivity index (χ0) is 13.5. The fraction of sp³-hybridized carbons (Fsp3) is 0.625. The fourth-order valence-corrected chi connectivity index (χ4v) is 2.72. The largest absolute Gasteiger partial charge is 0.491 e. The van der Waals surface area contributed by atoms with Crippen LogP contribution in [0.4, 0.5) is 0 Å². The molecule has 0 aliphatic heterocycles. The van der Waals surface area contributed by atoms with Gasteiger partial charge in [0.2, 0.25) is 0 Å². The smallest absolute Gasteiger partial charge is 0.122 e. The standard InChI is InChI=1S/C16H25NO2/c1-3-10-17-15-8-4-7-14-13(15)6-5-9-16(14)19-12-11-18-2/h5-6,9,15,17H,3-4,7-8,10-12H2,1-2H3. The summed E-state index contributed by atoms with van der Waals surface area (Å²) in [4.78, 5) is 0. The average Bonchev–Trinajstić information content (AvgIpc) is 2.45. The van der Waals surface area contributed by atoms with Gasteiger partial charge in [0, 0.05) is 13.2 Å². The SMILES string of the molecule is CCCNC1CCCc2c(OCCOC)cccc21. The molecule has 0 radical (unpaired) electrons. The first-order valence-electron chi connectivity index (χ1n) is 7.33. The summed E-state index contributed by atoms with van der Waals surface area (Å²) < 4.78 is 10.9. The van der Waals surface area contributed by atoms with Gasteiger partial charge < -0.3 is 14.8 Å². The van der Waals surface area contributed by atoms with Crippen molar-refractivity contribution < 1.29 is 9.47 Å². The minimum Gasteiger partial charge on any atom is -0.491 e. The molecule has 0 spiro atoms. The predicted molar refractivity (Wildman–Crippen MR) is 77.8 cm³/mol. The molecule has 3 nitrogen and oxygen atoms in total. The molecule has 1 aliphatic rings. The Morgan fingerprint density at radius 1 is 1.32 bits per heavy atom. The highest BCUT2D eigenvalue weighted by Crippen LogP contribution is 2.35. The third-order valence-corrected chi connectivity index (χ3v) is 3.65. The first kappa shape index (κ1) is 14.4. The Balaban J connectivity index is 2.11. The van der Waals surface area contributed by atoms with Gasteiger partial charge in [-0.2, -0.15) is 0 Å². The Bertz CT molecular complexity index is 392. The van der Waals surface area contributed by atoms with Crippen LogP contribution in [-0.4, -0.2) is 26.9 Å². The maximum absolute atomic E-state index is 5.84. The average molecular weight is 263 g/mol. The highest BCUT2D eigenvalue weighted by molar-refractivity contribution is 5.43. The van der Waals surface area contributed by atoms with Gasteiger partial charge in [0.15, 0.2) is 0 Å². The molecule has 0 saturated carbocycles. The lowest BCUT2D eigenvalue weighted by Crippen LogP contribution is -2.26. The lowest BCUT2D eigenvalue weighted by molar-refractivity contribution is 0.145. The summed E-state index contributed by atoms with van der Waals surface area (Å²) in [7, 11) is 1.70. The summed E-state index contributed by atoms with van der Waals surface area (Å²) in [5.74, 6) is 1.04. The molecule has 106 valence electrons. The summed E-state index contributed by atoms with van der Waals surface area (Å²) in [6, 6.07) is 6.92. The Morgan fingerprint density at radius 2 is 2.21 bits per heavy atom. The van der Waals surface area contributed by atoms with Crippen molar-refractivity contribution in [1.82, 2.24) is 5.32 Å². The van der Waals surface area contributed by atoms with Crippen LogP contribution in [-0.2, 0) is 11.2 Å². The van der Waals surface area contributed by atoms with Gasteiger partial charge in [0.1, 0.15) is 12.4 Å². The number of nitrogens with one attached hydrogen (secondary N) is 1. The second kappa shape index (κ2) is 7.51. The third kappa shape index (κ3) is 3.71. The quantitative estimate of drug-likeness (QED) is 0.767. The van der Waals surface area contributed by atoms with E-state index < -0.39 is 0 Å². The molecule has 3 heteroatoms. The second-order valence-electron chi connectivity index (χ2n) is 5.06. The van der Waals surface area contributed by atoms with Crippen molar-refractivity contribution in [3.63, 3.8) is 0 Å². The number of ether oxygens (including phenoxy) is 2. The van der Waals surface area contributed by atoms with E-state index in [4.69, 9.17) is 9.47 Å². The minimum absolute atomic E-state index is 0.495. The lowest BCUT2D eigenvalue weighted by atomic mass is 9.87. The Hall–Kier alpha value is -1.06. The zero-order valence-corrected chi connectivity index (χ0v) is 12.1. The Labute approximate surface area is 116 Å². The summed E-state index contributed by atoms with van der Waals surface area (Å²) in [5, 5.41) is 3.64. The fourth-order valence-electron chi connectivity index (χ4n) is 2.72. The van der Waals surface area contributed by atoms with Crippen molar-refractivity contribution in [3.8, 4) is 5.75 Å². The van der Waals surface area contributed by atoms with Crippen LogP contribution in [0.2, 0.25) is 0 Å². The molecule has 0 fully saturated rings. The molecule has 0 amide bonds. The lowest BCUT2D eigenvalue weighted by Gasteiger charge is -2.28. The van der Waals surface area contributed by atoms with Crippen LogP contribution in [0.15, 0.2) is 18.2 Å². The monoisotopic (exact) mass is 263 g/mol. The van der Waals surface area contributed by atoms with Crippen molar-refractivity contribution in [2.45, 2.75) is 38.6 Å². The van der Waals surface area contributed by atoms with Crippen LogP contribution in [0.3, 0.4) is 0 Å². The Kier molecular flexibility index (Phi) is 5.67. The van der Waals surface area contributed by atoms with Crippen molar-refractivity contribution in [3.05, 3.63) is 29.3 Å². The number of rotatable bonds is 7. The highest BCUT2D eigenvalue weighted by atomic mass is 16.5. The Morgan fingerprint density at radius 3 is 3.00 bits per heavy atom. The van der Waals surface area contributed by atoms with E-state index in [9.17, 15) is 0 Å². The van der Waals surface area contributed by atoms with Gasteiger partial charge in [-0.1, -0.05) is 19.1 Å². The van der Waals surface area contributed by atoms with E-state index >= 15 is 0 Å². The summed E-state index contributed by atoms with van der Waals surface area (Å²) in [5.41, 5.74) is 2.81. The number of fused-ring (bicyclic) bond motifs is 1. The van der Waals surface area contributed by atoms with Gasteiger partial charge in [-0.3, -0.25) is 0 Å². The van der Waals surface area contributed by atoms with E-state index in [1.165, 1.54) is 30.4 Å². The van der Waals surface area contributed by atoms with Crippen molar-refractivity contribution >= 4 is 0 Å². The molecule has 19 heavy (non-hydrogen) atoms. The van der Waals surface area contributed by atoms with Crippen LogP contribution in [0.1, 0.15) is 43.4 Å². The molecule has 0 bridgehead atoms. The van der Waals surface area contributed by atoms with Crippen LogP contribution >= 0.6 is 0 Å². The molecule has 1 aliphatic carbocycles. The van der Waals surface area contributed by atoms with E-state index in [0.29, 0.717) is 19.3 Å². The summed E-state index contributed by atoms with van der Waals surface area (Å²) >= 11 is 0. The van der Waals surface area contributed by atoms with Gasteiger partial charge in [0.25, 0.3) is 0 Å². The highest BCUT2D eigenvalue weighted by Gasteiger charge is 2.22. The number of hydrogen-bond acceptors (Lipinski definition) is 3. The van der Waals surface area contributed by atoms with E-state index in [-0.39, 0.29) is 0 Å². The molecular weight excluding hydrogens is 238 g/mol. The maximum atomic E-state index is 5.84. The van der Waals surface area contributed by atoms with Gasteiger partial charge in [-0.15, -0.1) is 0 Å². The minimum atomic E-state index is 0.495. The van der Waals surface area contributed by atoms with E-state index in [1.807, 2.05) is 0 Å². The van der Waals surface area contributed by atoms with Crippen LogP contribution in [0.25, 0.3) is 0 Å². The summed E-state index contributed by atoms with van der Waals surface area (Å²) in [6.45, 7) is 4.56. The molecule has 1 aromatic rings.